The van der Waals surface area contributed by atoms with E-state index in [-0.39, 0.29) is 18.7 Å². The number of aliphatic hydroxyl groups is 1. The number of anilines is 1. The maximum atomic E-state index is 12.1. The number of ether oxygens (including phenoxy) is 1. The minimum absolute atomic E-state index is 0.252. The summed E-state index contributed by atoms with van der Waals surface area (Å²) in [5, 5.41) is 12.5. The lowest BCUT2D eigenvalue weighted by Gasteiger charge is -2.25. The highest BCUT2D eigenvalue weighted by Crippen LogP contribution is 2.36. The molecule has 0 unspecified atom stereocenters. The van der Waals surface area contributed by atoms with Crippen molar-refractivity contribution in [2.45, 2.75) is 37.4 Å². The molecule has 2 heterocycles. The van der Waals surface area contributed by atoms with Crippen LogP contribution in [0.5, 0.6) is 0 Å². The molecule has 0 spiro atoms. The maximum absolute atomic E-state index is 12.1. The van der Waals surface area contributed by atoms with E-state index in [0.29, 0.717) is 18.3 Å². The lowest BCUT2D eigenvalue weighted by Crippen LogP contribution is -2.34. The van der Waals surface area contributed by atoms with Crippen LogP contribution < -0.4 is 5.32 Å². The number of methoxy groups -OCH3 is 1. The van der Waals surface area contributed by atoms with Crippen LogP contribution in [0.2, 0.25) is 0 Å². The second kappa shape index (κ2) is 5.99. The Morgan fingerprint density at radius 3 is 2.76 bits per heavy atom. The summed E-state index contributed by atoms with van der Waals surface area (Å²) in [6.07, 6.45) is 4.66. The van der Waals surface area contributed by atoms with Crippen LogP contribution in [0.15, 0.2) is 18.3 Å². The smallest absolute Gasteiger partial charge is 0.323 e. The molecule has 0 bridgehead atoms. The van der Waals surface area contributed by atoms with E-state index in [0.717, 1.165) is 0 Å². The van der Waals surface area contributed by atoms with Gasteiger partial charge in [-0.2, -0.15) is 0 Å². The molecule has 1 aliphatic heterocycles. The summed E-state index contributed by atoms with van der Waals surface area (Å²) in [6, 6.07) is 3.62. The number of rotatable bonds is 3. The van der Waals surface area contributed by atoms with Gasteiger partial charge in [0.05, 0.1) is 19.2 Å². The molecule has 2 fully saturated rings. The van der Waals surface area contributed by atoms with Crippen molar-refractivity contribution in [3.63, 3.8) is 0 Å². The van der Waals surface area contributed by atoms with Crippen LogP contribution in [0.1, 0.15) is 30.7 Å². The van der Waals surface area contributed by atoms with Gasteiger partial charge >= 0.3 is 6.03 Å². The predicted molar refractivity (Wildman–Crippen MR) is 78.2 cm³/mol. The van der Waals surface area contributed by atoms with Gasteiger partial charge in [0.15, 0.2) is 0 Å². The zero-order chi connectivity index (χ0) is 14.8. The van der Waals surface area contributed by atoms with E-state index in [4.69, 9.17) is 4.74 Å². The Morgan fingerprint density at radius 1 is 1.43 bits per heavy atom. The molecule has 3 rings (SSSR count). The average Bonchev–Trinajstić information content (AvgIpc) is 2.80. The number of pyridine rings is 1. The Balaban J connectivity index is 1.57. The molecule has 2 atom stereocenters. The number of aliphatic hydroxyl groups excluding tert-OH is 1. The molecule has 1 aromatic heterocycles. The van der Waals surface area contributed by atoms with Gasteiger partial charge in [0.25, 0.3) is 0 Å². The fraction of sp³-hybridized carbons (Fsp3) is 0.600. The number of nitrogens with one attached hydrogen (secondary N) is 1. The minimum atomic E-state index is -0.630. The first-order chi connectivity index (χ1) is 10.2. The standard InChI is InChI=1S/C15H21N3O3/c1-21-13-9-18(8-12(13)19)15(20)17-14-6-5-11(7-16-14)10-3-2-4-10/h5-7,10,12-13,19H,2-4,8-9H2,1H3,(H,16,17,20)/t12-,13-/m1/s1. The lowest BCUT2D eigenvalue weighted by molar-refractivity contribution is 0.0215. The monoisotopic (exact) mass is 291 g/mol. The van der Waals surface area contributed by atoms with Crippen LogP contribution in [0, 0.1) is 0 Å². The van der Waals surface area contributed by atoms with Gasteiger partial charge in [-0.25, -0.2) is 9.78 Å². The van der Waals surface area contributed by atoms with E-state index >= 15 is 0 Å². The van der Waals surface area contributed by atoms with Gasteiger partial charge in [-0.3, -0.25) is 5.32 Å². The summed E-state index contributed by atoms with van der Waals surface area (Å²) in [4.78, 5) is 18.0. The summed E-state index contributed by atoms with van der Waals surface area (Å²) in [5.74, 6) is 1.18. The second-order valence-electron chi connectivity index (χ2n) is 5.78. The minimum Gasteiger partial charge on any atom is -0.388 e. The first-order valence-electron chi connectivity index (χ1n) is 7.40. The van der Waals surface area contributed by atoms with Crippen LogP contribution in [0.25, 0.3) is 0 Å². The van der Waals surface area contributed by atoms with Gasteiger partial charge in [0, 0.05) is 13.3 Å². The van der Waals surface area contributed by atoms with Crippen molar-refractivity contribution < 1.29 is 14.6 Å². The largest absolute Gasteiger partial charge is 0.388 e. The zero-order valence-electron chi connectivity index (χ0n) is 12.2. The topological polar surface area (TPSA) is 74.7 Å². The molecule has 2 aliphatic rings. The average molecular weight is 291 g/mol. The van der Waals surface area contributed by atoms with Crippen molar-refractivity contribution in [3.8, 4) is 0 Å². The molecular weight excluding hydrogens is 270 g/mol. The van der Waals surface area contributed by atoms with Gasteiger partial charge in [0.2, 0.25) is 0 Å². The Hall–Kier alpha value is -1.66. The summed E-state index contributed by atoms with van der Waals surface area (Å²) in [6.45, 7) is 0.675. The third-order valence-electron chi connectivity index (χ3n) is 4.42. The maximum Gasteiger partial charge on any atom is 0.323 e. The molecule has 1 aliphatic carbocycles. The molecule has 1 aromatic rings. The number of hydrogen-bond donors (Lipinski definition) is 2. The lowest BCUT2D eigenvalue weighted by atomic mass is 9.81. The van der Waals surface area contributed by atoms with Crippen molar-refractivity contribution in [3.05, 3.63) is 23.9 Å². The highest BCUT2D eigenvalue weighted by Gasteiger charge is 2.34. The van der Waals surface area contributed by atoms with E-state index in [1.165, 1.54) is 31.9 Å². The molecule has 0 aromatic carbocycles. The number of urea groups is 1. The summed E-state index contributed by atoms with van der Waals surface area (Å²) in [5.41, 5.74) is 1.25. The number of carbonyl (C=O) groups excluding carboxylic acids is 1. The highest BCUT2D eigenvalue weighted by atomic mass is 16.5. The van der Waals surface area contributed by atoms with Crippen molar-refractivity contribution in [2.75, 3.05) is 25.5 Å². The summed E-state index contributed by atoms with van der Waals surface area (Å²) in [7, 11) is 1.54. The highest BCUT2D eigenvalue weighted by molar-refractivity contribution is 5.88. The molecule has 2 amide bonds. The van der Waals surface area contributed by atoms with Gasteiger partial charge in [0.1, 0.15) is 11.9 Å². The van der Waals surface area contributed by atoms with E-state index in [1.54, 1.807) is 4.90 Å². The van der Waals surface area contributed by atoms with Crippen LogP contribution in [-0.2, 0) is 4.74 Å². The number of likely N-dealkylation sites (tertiary alicyclic amines) is 1. The number of carbonyl (C=O) groups is 1. The van der Waals surface area contributed by atoms with Gasteiger partial charge in [-0.1, -0.05) is 12.5 Å². The molecular formula is C15H21N3O3. The second-order valence-corrected chi connectivity index (χ2v) is 5.78. The first kappa shape index (κ1) is 14.3. The Kier molecular flexibility index (Phi) is 4.07. The van der Waals surface area contributed by atoms with E-state index < -0.39 is 6.10 Å². The molecule has 6 nitrogen and oxygen atoms in total. The number of β-amino-alcohol motifs (C(OH)–C–C–N with tert-alkyl or cyclic N) is 1. The third kappa shape index (κ3) is 3.01. The van der Waals surface area contributed by atoms with Crippen molar-refractivity contribution in [2.24, 2.45) is 0 Å². The van der Waals surface area contributed by atoms with E-state index in [9.17, 15) is 9.90 Å². The third-order valence-corrected chi connectivity index (χ3v) is 4.42. The number of aromatic nitrogens is 1. The molecule has 21 heavy (non-hydrogen) atoms. The SMILES string of the molecule is CO[C@@H]1CN(C(=O)Nc2ccc(C3CCC3)cn2)C[C@H]1O. The normalized spacial score (nSPS) is 25.7. The van der Waals surface area contributed by atoms with Crippen molar-refractivity contribution >= 4 is 11.8 Å². The zero-order valence-corrected chi connectivity index (χ0v) is 12.2. The molecule has 0 radical (unpaired) electrons. The number of hydrogen-bond acceptors (Lipinski definition) is 4. The Bertz CT molecular complexity index is 501. The summed E-state index contributed by atoms with van der Waals surface area (Å²) >= 11 is 0. The molecule has 2 N–H and O–H groups in total. The van der Waals surface area contributed by atoms with Crippen LogP contribution >= 0.6 is 0 Å². The molecule has 114 valence electrons. The fourth-order valence-electron chi connectivity index (χ4n) is 2.81. The summed E-state index contributed by atoms with van der Waals surface area (Å²) < 4.78 is 5.13. The van der Waals surface area contributed by atoms with Crippen LogP contribution in [0.4, 0.5) is 10.6 Å². The Labute approximate surface area is 124 Å². The predicted octanol–water partition coefficient (Wildman–Crippen LogP) is 1.57. The fourth-order valence-corrected chi connectivity index (χ4v) is 2.81. The van der Waals surface area contributed by atoms with Crippen molar-refractivity contribution in [1.82, 2.24) is 9.88 Å². The van der Waals surface area contributed by atoms with Crippen LogP contribution in [-0.4, -0.2) is 53.4 Å². The van der Waals surface area contributed by atoms with Crippen LogP contribution in [0.3, 0.4) is 0 Å². The van der Waals surface area contributed by atoms with Gasteiger partial charge in [-0.15, -0.1) is 0 Å². The van der Waals surface area contributed by atoms with Gasteiger partial charge < -0.3 is 14.7 Å². The van der Waals surface area contributed by atoms with Crippen molar-refractivity contribution in [1.29, 1.82) is 0 Å². The number of nitrogens with zero attached hydrogens (tertiary/aromatic N) is 2. The van der Waals surface area contributed by atoms with E-state index in [2.05, 4.69) is 10.3 Å². The molecule has 6 heteroatoms. The molecule has 1 saturated carbocycles. The Morgan fingerprint density at radius 2 is 2.24 bits per heavy atom. The van der Waals surface area contributed by atoms with Gasteiger partial charge in [-0.05, 0) is 30.4 Å². The van der Waals surface area contributed by atoms with E-state index in [1.807, 2.05) is 18.3 Å². The quantitative estimate of drug-likeness (QED) is 0.886. The number of amides is 2. The first-order valence-corrected chi connectivity index (χ1v) is 7.40. The molecule has 1 saturated heterocycles.